The molecule has 0 spiro atoms. The van der Waals surface area contributed by atoms with E-state index in [1.165, 1.54) is 10.8 Å². The third kappa shape index (κ3) is 3.46. The molecule has 0 saturated heterocycles. The zero-order chi connectivity index (χ0) is 20.5. The lowest BCUT2D eigenvalue weighted by atomic mass is 10.1. The van der Waals surface area contributed by atoms with Gasteiger partial charge in [-0.3, -0.25) is 9.13 Å². The summed E-state index contributed by atoms with van der Waals surface area (Å²) in [7, 11) is 1.70. The highest BCUT2D eigenvalue weighted by molar-refractivity contribution is 5.73. The Balaban J connectivity index is 1.67. The van der Waals surface area contributed by atoms with Crippen molar-refractivity contribution in [3.8, 4) is 11.5 Å². The average Bonchev–Trinajstić information content (AvgIpc) is 3.23. The number of allylic oxidation sites excluding steroid dienone is 1. The molecule has 2 N–H and O–H groups in total. The number of benzene rings is 1. The van der Waals surface area contributed by atoms with E-state index in [4.69, 9.17) is 14.9 Å². The van der Waals surface area contributed by atoms with Crippen molar-refractivity contribution < 1.29 is 9.47 Å². The van der Waals surface area contributed by atoms with Crippen molar-refractivity contribution in [3.63, 3.8) is 0 Å². The summed E-state index contributed by atoms with van der Waals surface area (Å²) in [6, 6.07) is 3.75. The minimum absolute atomic E-state index is 0.159. The van der Waals surface area contributed by atoms with E-state index in [0.29, 0.717) is 48.0 Å². The number of aryl methyl sites for hydroxylation is 3. The fraction of sp³-hybridized carbons (Fsp3) is 0.300. The number of hydrogen-bond acceptors (Lipinski definition) is 7. The molecule has 3 aromatic rings. The Labute approximate surface area is 167 Å². The summed E-state index contributed by atoms with van der Waals surface area (Å²) in [5.41, 5.74) is 3.71. The van der Waals surface area contributed by atoms with Crippen molar-refractivity contribution in [2.75, 3.05) is 12.1 Å². The van der Waals surface area contributed by atoms with Crippen molar-refractivity contribution in [1.29, 1.82) is 5.41 Å². The second kappa shape index (κ2) is 7.42. The zero-order valence-electron chi connectivity index (χ0n) is 16.4. The summed E-state index contributed by atoms with van der Waals surface area (Å²) in [5, 5.41) is 10.4. The van der Waals surface area contributed by atoms with Crippen molar-refractivity contribution >= 4 is 29.0 Å². The van der Waals surface area contributed by atoms with Gasteiger partial charge in [0.25, 0.3) is 0 Å². The molecule has 9 nitrogen and oxygen atoms in total. The van der Waals surface area contributed by atoms with Gasteiger partial charge in [-0.05, 0) is 31.2 Å². The maximum absolute atomic E-state index is 12.6. The predicted molar refractivity (Wildman–Crippen MR) is 111 cm³/mol. The molecule has 1 aliphatic rings. The van der Waals surface area contributed by atoms with Crippen LogP contribution in [0.3, 0.4) is 0 Å². The molecule has 1 aromatic carbocycles. The lowest BCUT2D eigenvalue weighted by Gasteiger charge is -2.10. The molecule has 4 rings (SSSR count). The van der Waals surface area contributed by atoms with Crippen LogP contribution in [-0.2, 0) is 13.6 Å². The highest BCUT2D eigenvalue weighted by Gasteiger charge is 2.17. The average molecular weight is 394 g/mol. The van der Waals surface area contributed by atoms with Gasteiger partial charge < -0.3 is 20.2 Å². The molecule has 2 aromatic heterocycles. The molecule has 0 fully saturated rings. The van der Waals surface area contributed by atoms with Crippen LogP contribution in [0.2, 0.25) is 0 Å². The minimum atomic E-state index is -0.159. The van der Waals surface area contributed by atoms with Crippen LogP contribution >= 0.6 is 0 Å². The molecule has 29 heavy (non-hydrogen) atoms. The number of nitrogens with one attached hydrogen (secondary N) is 2. The van der Waals surface area contributed by atoms with Gasteiger partial charge in [0.1, 0.15) is 5.52 Å². The van der Waals surface area contributed by atoms with E-state index in [0.717, 1.165) is 16.8 Å². The summed E-state index contributed by atoms with van der Waals surface area (Å²) in [5.74, 6) is 1.77. The van der Waals surface area contributed by atoms with E-state index in [1.54, 1.807) is 17.8 Å². The number of aromatic nitrogens is 4. The first-order chi connectivity index (χ1) is 14.0. The predicted octanol–water partition coefficient (Wildman–Crippen LogP) is 2.90. The maximum atomic E-state index is 12.6. The third-order valence-corrected chi connectivity index (χ3v) is 4.93. The monoisotopic (exact) mass is 394 g/mol. The Kier molecular flexibility index (Phi) is 4.79. The standard InChI is InChI=1S/C20H22N6O3/c1-12(4-6-21)5-7-26-18-15(25(3)20(26)27)10-22-19(24-18)23-14-9-17-16(8-13(14)2)28-11-29-17/h6,8-10,21H,1,4-5,7,11H2,2-3H3,(H,22,23,24). The second-order valence-electron chi connectivity index (χ2n) is 6.95. The molecular weight excluding hydrogens is 372 g/mol. The van der Waals surface area contributed by atoms with E-state index in [1.807, 2.05) is 19.1 Å². The van der Waals surface area contributed by atoms with Crippen LogP contribution in [0.5, 0.6) is 11.5 Å². The molecule has 9 heteroatoms. The van der Waals surface area contributed by atoms with Gasteiger partial charge in [0, 0.05) is 31.8 Å². The van der Waals surface area contributed by atoms with Gasteiger partial charge in [0.05, 0.1) is 6.20 Å². The van der Waals surface area contributed by atoms with Gasteiger partial charge in [-0.2, -0.15) is 4.98 Å². The summed E-state index contributed by atoms with van der Waals surface area (Å²) in [4.78, 5) is 21.6. The van der Waals surface area contributed by atoms with Gasteiger partial charge in [-0.15, -0.1) is 0 Å². The summed E-state index contributed by atoms with van der Waals surface area (Å²) in [6.07, 6.45) is 4.05. The van der Waals surface area contributed by atoms with Gasteiger partial charge in [0.15, 0.2) is 17.1 Å². The Morgan fingerprint density at radius 3 is 2.90 bits per heavy atom. The number of anilines is 2. The van der Waals surface area contributed by atoms with Gasteiger partial charge in [0.2, 0.25) is 12.7 Å². The largest absolute Gasteiger partial charge is 0.454 e. The van der Waals surface area contributed by atoms with Crippen molar-refractivity contribution in [2.24, 2.45) is 7.05 Å². The highest BCUT2D eigenvalue weighted by atomic mass is 16.7. The van der Waals surface area contributed by atoms with Gasteiger partial charge in [-0.1, -0.05) is 12.2 Å². The number of hydrogen-bond donors (Lipinski definition) is 2. The lowest BCUT2D eigenvalue weighted by Crippen LogP contribution is -2.22. The third-order valence-electron chi connectivity index (χ3n) is 4.93. The van der Waals surface area contributed by atoms with E-state index < -0.39 is 0 Å². The van der Waals surface area contributed by atoms with E-state index in [2.05, 4.69) is 21.9 Å². The first-order valence-corrected chi connectivity index (χ1v) is 9.23. The van der Waals surface area contributed by atoms with Crippen molar-refractivity contribution in [1.82, 2.24) is 19.1 Å². The number of rotatable bonds is 7. The normalized spacial score (nSPS) is 12.3. The Morgan fingerprint density at radius 2 is 2.14 bits per heavy atom. The molecule has 0 saturated carbocycles. The molecule has 0 radical (unpaired) electrons. The maximum Gasteiger partial charge on any atom is 0.330 e. The van der Waals surface area contributed by atoms with Crippen LogP contribution in [0, 0.1) is 12.3 Å². The van der Waals surface area contributed by atoms with Crippen molar-refractivity contribution in [2.45, 2.75) is 26.3 Å². The number of ether oxygens (including phenoxy) is 2. The fourth-order valence-electron chi connectivity index (χ4n) is 3.25. The molecule has 3 heterocycles. The zero-order valence-corrected chi connectivity index (χ0v) is 16.4. The molecule has 0 atom stereocenters. The topological polar surface area (TPSA) is 107 Å². The van der Waals surface area contributed by atoms with Crippen LogP contribution in [0.15, 0.2) is 35.3 Å². The first kappa shape index (κ1) is 18.7. The van der Waals surface area contributed by atoms with Crippen LogP contribution < -0.4 is 20.5 Å². The minimum Gasteiger partial charge on any atom is -0.454 e. The number of nitrogens with zero attached hydrogens (tertiary/aromatic N) is 4. The SMILES string of the molecule is C=C(CC=N)CCn1c(=O)n(C)c2cnc(Nc3cc4c(cc3C)OCO4)nc21. The van der Waals surface area contributed by atoms with Crippen LogP contribution in [0.25, 0.3) is 11.2 Å². The second-order valence-corrected chi connectivity index (χ2v) is 6.95. The van der Waals surface area contributed by atoms with Gasteiger partial charge in [-0.25, -0.2) is 9.78 Å². The summed E-state index contributed by atoms with van der Waals surface area (Å²) in [6.45, 7) is 6.56. The van der Waals surface area contributed by atoms with E-state index in [9.17, 15) is 4.79 Å². The molecular formula is C20H22N6O3. The molecule has 0 aliphatic carbocycles. The Morgan fingerprint density at radius 1 is 1.38 bits per heavy atom. The first-order valence-electron chi connectivity index (χ1n) is 9.23. The highest BCUT2D eigenvalue weighted by Crippen LogP contribution is 2.37. The van der Waals surface area contributed by atoms with E-state index in [-0.39, 0.29) is 12.5 Å². The molecule has 0 amide bonds. The smallest absolute Gasteiger partial charge is 0.330 e. The molecule has 0 unspecified atom stereocenters. The van der Waals surface area contributed by atoms with Crippen molar-refractivity contribution in [3.05, 3.63) is 46.5 Å². The molecule has 150 valence electrons. The Bertz CT molecular complexity index is 1180. The number of fused-ring (bicyclic) bond motifs is 2. The molecule has 0 bridgehead atoms. The molecule has 1 aliphatic heterocycles. The van der Waals surface area contributed by atoms with Crippen LogP contribution in [0.1, 0.15) is 18.4 Å². The summed E-state index contributed by atoms with van der Waals surface area (Å²) < 4.78 is 14.0. The van der Waals surface area contributed by atoms with Crippen LogP contribution in [0.4, 0.5) is 11.6 Å². The Hall–Kier alpha value is -3.62. The van der Waals surface area contributed by atoms with Crippen LogP contribution in [-0.4, -0.2) is 32.1 Å². The quantitative estimate of drug-likeness (QED) is 0.471. The lowest BCUT2D eigenvalue weighted by molar-refractivity contribution is 0.174. The number of imidazole rings is 1. The summed E-state index contributed by atoms with van der Waals surface area (Å²) >= 11 is 0. The fourth-order valence-corrected chi connectivity index (χ4v) is 3.25. The van der Waals surface area contributed by atoms with Gasteiger partial charge >= 0.3 is 5.69 Å². The van der Waals surface area contributed by atoms with E-state index >= 15 is 0 Å².